The number of methoxy groups -OCH3 is 1. The van der Waals surface area contributed by atoms with E-state index in [1.165, 1.54) is 11.3 Å². The average molecular weight is 391 g/mol. The standard InChI is InChI=1S/C16H17N5O3S2/c1-4-7-21-13(19-20-16(21)25)12-9(2)17-15(26-12)18-14(22)11-6-5-10(24-11)8-23-3/h4-6H,1,7-8H2,2-3H3,(H,20,25)(H,17,18,22). The van der Waals surface area contributed by atoms with Crippen LogP contribution in [0.25, 0.3) is 10.7 Å². The Kier molecular flexibility index (Phi) is 5.45. The van der Waals surface area contributed by atoms with Crippen molar-refractivity contribution >= 4 is 34.6 Å². The number of ether oxygens (including phenoxy) is 1. The lowest BCUT2D eigenvalue weighted by Gasteiger charge is -2.01. The number of hydrogen-bond donors (Lipinski definition) is 2. The molecule has 2 N–H and O–H groups in total. The molecule has 1 amide bonds. The highest BCUT2D eigenvalue weighted by molar-refractivity contribution is 7.71. The number of rotatable bonds is 7. The summed E-state index contributed by atoms with van der Waals surface area (Å²) < 4.78 is 12.7. The molecule has 0 saturated carbocycles. The largest absolute Gasteiger partial charge is 0.453 e. The zero-order chi connectivity index (χ0) is 18.7. The number of nitrogens with one attached hydrogen (secondary N) is 2. The molecule has 3 rings (SSSR count). The number of nitrogens with zero attached hydrogens (tertiary/aromatic N) is 3. The topological polar surface area (TPSA) is 98.0 Å². The molecule has 0 aliphatic rings. The van der Waals surface area contributed by atoms with Gasteiger partial charge in [0.25, 0.3) is 5.91 Å². The number of allylic oxidation sites excluding steroid dienone is 1. The van der Waals surface area contributed by atoms with Crippen molar-refractivity contribution in [3.05, 3.63) is 46.8 Å². The molecule has 3 aromatic heterocycles. The summed E-state index contributed by atoms with van der Waals surface area (Å²) in [7, 11) is 1.56. The van der Waals surface area contributed by atoms with Crippen molar-refractivity contribution in [1.82, 2.24) is 19.7 Å². The van der Waals surface area contributed by atoms with E-state index in [1.807, 2.05) is 11.5 Å². The first-order chi connectivity index (χ1) is 12.5. The minimum absolute atomic E-state index is 0.195. The van der Waals surface area contributed by atoms with E-state index in [2.05, 4.69) is 27.1 Å². The maximum Gasteiger partial charge on any atom is 0.293 e. The van der Waals surface area contributed by atoms with Crippen molar-refractivity contribution in [2.75, 3.05) is 12.4 Å². The van der Waals surface area contributed by atoms with Crippen molar-refractivity contribution in [2.24, 2.45) is 0 Å². The van der Waals surface area contributed by atoms with E-state index < -0.39 is 0 Å². The van der Waals surface area contributed by atoms with Crippen molar-refractivity contribution < 1.29 is 13.9 Å². The fraction of sp³-hybridized carbons (Fsp3) is 0.250. The van der Waals surface area contributed by atoms with Crippen LogP contribution in [0, 0.1) is 11.7 Å². The number of furan rings is 1. The average Bonchev–Trinajstić information content (AvgIpc) is 3.29. The molecule has 10 heteroatoms. The van der Waals surface area contributed by atoms with Gasteiger partial charge in [0.05, 0.1) is 10.6 Å². The molecule has 0 atom stereocenters. The zero-order valence-electron chi connectivity index (χ0n) is 14.2. The Morgan fingerprint density at radius 3 is 3.12 bits per heavy atom. The molecule has 0 saturated heterocycles. The summed E-state index contributed by atoms with van der Waals surface area (Å²) in [6.45, 7) is 6.41. The molecule has 0 aliphatic heterocycles. The minimum Gasteiger partial charge on any atom is -0.453 e. The summed E-state index contributed by atoms with van der Waals surface area (Å²) in [4.78, 5) is 17.5. The number of thiazole rings is 1. The summed E-state index contributed by atoms with van der Waals surface area (Å²) >= 11 is 6.55. The van der Waals surface area contributed by atoms with Crippen LogP contribution in [0.3, 0.4) is 0 Å². The second-order valence-corrected chi connectivity index (χ2v) is 6.72. The van der Waals surface area contributed by atoms with Gasteiger partial charge in [-0.25, -0.2) is 4.98 Å². The molecular formula is C16H17N5O3S2. The van der Waals surface area contributed by atoms with Gasteiger partial charge in [-0.3, -0.25) is 19.8 Å². The van der Waals surface area contributed by atoms with Gasteiger partial charge >= 0.3 is 0 Å². The van der Waals surface area contributed by atoms with Crippen LogP contribution in [0.15, 0.2) is 29.2 Å². The first-order valence-electron chi connectivity index (χ1n) is 7.66. The number of amides is 1. The van der Waals surface area contributed by atoms with Gasteiger partial charge in [0, 0.05) is 13.7 Å². The molecule has 0 aromatic carbocycles. The van der Waals surface area contributed by atoms with Gasteiger partial charge in [0.1, 0.15) is 12.4 Å². The van der Waals surface area contributed by atoms with Gasteiger partial charge in [-0.2, -0.15) is 5.10 Å². The van der Waals surface area contributed by atoms with E-state index in [-0.39, 0.29) is 11.7 Å². The molecule has 3 aromatic rings. The Morgan fingerprint density at radius 2 is 2.38 bits per heavy atom. The Hall–Kier alpha value is -2.56. The van der Waals surface area contributed by atoms with Crippen molar-refractivity contribution in [3.8, 4) is 10.7 Å². The quantitative estimate of drug-likeness (QED) is 0.472. The van der Waals surface area contributed by atoms with E-state index in [9.17, 15) is 4.79 Å². The number of aryl methyl sites for hydroxylation is 1. The fourth-order valence-electron chi connectivity index (χ4n) is 2.33. The Balaban J connectivity index is 1.83. The Morgan fingerprint density at radius 1 is 1.58 bits per heavy atom. The minimum atomic E-state index is -0.377. The molecule has 26 heavy (non-hydrogen) atoms. The highest BCUT2D eigenvalue weighted by Crippen LogP contribution is 2.32. The first kappa shape index (κ1) is 18.2. The summed E-state index contributed by atoms with van der Waals surface area (Å²) in [5.74, 6) is 1.05. The van der Waals surface area contributed by atoms with Crippen LogP contribution in [0.2, 0.25) is 0 Å². The second-order valence-electron chi connectivity index (χ2n) is 5.34. The lowest BCUT2D eigenvalue weighted by molar-refractivity contribution is 0.0987. The molecule has 0 aliphatic carbocycles. The maximum atomic E-state index is 12.3. The number of carbonyl (C=O) groups excluding carboxylic acids is 1. The summed E-state index contributed by atoms with van der Waals surface area (Å²) in [5, 5.41) is 10.2. The van der Waals surface area contributed by atoms with Crippen LogP contribution in [-0.2, 0) is 17.9 Å². The van der Waals surface area contributed by atoms with Crippen LogP contribution in [-0.4, -0.2) is 32.8 Å². The number of hydrogen-bond acceptors (Lipinski definition) is 7. The second kappa shape index (κ2) is 7.77. The van der Waals surface area contributed by atoms with Gasteiger partial charge in [-0.15, -0.1) is 6.58 Å². The van der Waals surface area contributed by atoms with Gasteiger partial charge in [-0.05, 0) is 31.3 Å². The molecule has 136 valence electrons. The molecule has 8 nitrogen and oxygen atoms in total. The highest BCUT2D eigenvalue weighted by atomic mass is 32.1. The van der Waals surface area contributed by atoms with Crippen LogP contribution in [0.1, 0.15) is 22.0 Å². The highest BCUT2D eigenvalue weighted by Gasteiger charge is 2.18. The summed E-state index contributed by atoms with van der Waals surface area (Å²) in [5.41, 5.74) is 0.740. The van der Waals surface area contributed by atoms with Crippen LogP contribution < -0.4 is 5.32 Å². The first-order valence-corrected chi connectivity index (χ1v) is 8.89. The van der Waals surface area contributed by atoms with Gasteiger partial charge in [0.15, 0.2) is 21.5 Å². The summed E-state index contributed by atoms with van der Waals surface area (Å²) in [6.07, 6.45) is 1.74. The number of H-pyrrole nitrogens is 1. The van der Waals surface area contributed by atoms with E-state index in [0.29, 0.717) is 34.6 Å². The van der Waals surface area contributed by atoms with Crippen molar-refractivity contribution in [3.63, 3.8) is 0 Å². The lowest BCUT2D eigenvalue weighted by Crippen LogP contribution is -2.10. The fourth-order valence-corrected chi connectivity index (χ4v) is 3.49. The van der Waals surface area contributed by atoms with Gasteiger partial charge < -0.3 is 9.15 Å². The van der Waals surface area contributed by atoms with Crippen molar-refractivity contribution in [2.45, 2.75) is 20.1 Å². The molecule has 0 fully saturated rings. The zero-order valence-corrected chi connectivity index (χ0v) is 15.9. The molecule has 0 spiro atoms. The molecule has 3 heterocycles. The van der Waals surface area contributed by atoms with E-state index in [0.717, 1.165) is 10.6 Å². The maximum absolute atomic E-state index is 12.3. The smallest absolute Gasteiger partial charge is 0.293 e. The van der Waals surface area contributed by atoms with Gasteiger partial charge in [0.2, 0.25) is 0 Å². The Bertz CT molecular complexity index is 998. The van der Waals surface area contributed by atoms with Crippen LogP contribution in [0.4, 0.5) is 5.13 Å². The van der Waals surface area contributed by atoms with E-state index >= 15 is 0 Å². The molecular weight excluding hydrogens is 374 g/mol. The molecule has 0 radical (unpaired) electrons. The third-order valence-corrected chi connectivity index (χ3v) is 4.84. The molecule has 0 bridgehead atoms. The predicted octanol–water partition coefficient (Wildman–Crippen LogP) is 3.55. The van der Waals surface area contributed by atoms with E-state index in [4.69, 9.17) is 21.4 Å². The number of aromatic amines is 1. The predicted molar refractivity (Wildman–Crippen MR) is 101 cm³/mol. The monoisotopic (exact) mass is 391 g/mol. The number of anilines is 1. The van der Waals surface area contributed by atoms with Gasteiger partial charge in [-0.1, -0.05) is 17.4 Å². The third kappa shape index (κ3) is 3.66. The number of aromatic nitrogens is 4. The van der Waals surface area contributed by atoms with Crippen LogP contribution >= 0.6 is 23.6 Å². The number of carbonyl (C=O) groups is 1. The van der Waals surface area contributed by atoms with Crippen molar-refractivity contribution in [1.29, 1.82) is 0 Å². The van der Waals surface area contributed by atoms with E-state index in [1.54, 1.807) is 25.3 Å². The summed E-state index contributed by atoms with van der Waals surface area (Å²) in [6, 6.07) is 3.30. The normalized spacial score (nSPS) is 10.8. The van der Waals surface area contributed by atoms with Crippen LogP contribution in [0.5, 0.6) is 0 Å². The SMILES string of the molecule is C=CCn1c(-c2sc(NC(=O)c3ccc(COC)o3)nc2C)n[nH]c1=S. The third-order valence-electron chi connectivity index (χ3n) is 3.46. The molecule has 0 unspecified atom stereocenters. The Labute approximate surface area is 158 Å². The lowest BCUT2D eigenvalue weighted by atomic mass is 10.3.